The van der Waals surface area contributed by atoms with Crippen molar-refractivity contribution in [2.75, 3.05) is 7.11 Å². The van der Waals surface area contributed by atoms with Gasteiger partial charge in [-0.05, 0) is 25.1 Å². The Bertz CT molecular complexity index is 1110. The molecule has 0 atom stereocenters. The van der Waals surface area contributed by atoms with Gasteiger partial charge in [0.2, 0.25) is 5.88 Å². The monoisotopic (exact) mass is 367 g/mol. The van der Waals surface area contributed by atoms with Gasteiger partial charge in [-0.25, -0.2) is 0 Å². The molecule has 1 aliphatic heterocycles. The quantitative estimate of drug-likeness (QED) is 0.507. The molecule has 8 nitrogen and oxygen atoms in total. The number of methoxy groups -OCH3 is 1. The van der Waals surface area contributed by atoms with Crippen molar-refractivity contribution in [2.24, 2.45) is 0 Å². The first-order valence-corrected chi connectivity index (χ1v) is 8.28. The standard InChI is InChI=1S/C19H17N3O5/c1-9-16-12(10(8-23)7-20-9)6-14-18(25)21-17(22-19(14)27-16)13-5-11(26-2)3-4-15(13)24/h3-5,7,23-24H,6,8H2,1-2H3,(H,21,22,25). The van der Waals surface area contributed by atoms with Crippen LogP contribution in [0.4, 0.5) is 0 Å². The number of phenols is 1. The second-order valence-electron chi connectivity index (χ2n) is 6.19. The van der Waals surface area contributed by atoms with Crippen molar-refractivity contribution in [3.63, 3.8) is 0 Å². The Labute approximate surface area is 154 Å². The number of aromatic hydroxyl groups is 1. The molecule has 0 bridgehead atoms. The molecular weight excluding hydrogens is 350 g/mol. The number of H-pyrrole nitrogens is 1. The third-order valence-electron chi connectivity index (χ3n) is 4.56. The zero-order chi connectivity index (χ0) is 19.1. The maximum atomic E-state index is 12.7. The van der Waals surface area contributed by atoms with Gasteiger partial charge in [0.15, 0.2) is 5.75 Å². The van der Waals surface area contributed by atoms with E-state index in [9.17, 15) is 15.0 Å². The molecule has 4 rings (SSSR count). The number of rotatable bonds is 3. The highest BCUT2D eigenvalue weighted by Crippen LogP contribution is 2.38. The third-order valence-corrected chi connectivity index (χ3v) is 4.56. The van der Waals surface area contributed by atoms with Gasteiger partial charge in [-0.3, -0.25) is 9.78 Å². The summed E-state index contributed by atoms with van der Waals surface area (Å²) in [6.45, 7) is 1.59. The maximum absolute atomic E-state index is 12.7. The number of benzene rings is 1. The first-order chi connectivity index (χ1) is 13.0. The van der Waals surface area contributed by atoms with Crippen molar-refractivity contribution >= 4 is 0 Å². The Morgan fingerprint density at radius 3 is 2.89 bits per heavy atom. The Kier molecular flexibility index (Phi) is 4.04. The van der Waals surface area contributed by atoms with Crippen molar-refractivity contribution in [3.8, 4) is 34.5 Å². The number of aryl methyl sites for hydroxylation is 1. The minimum atomic E-state index is -0.374. The average Bonchev–Trinajstić information content (AvgIpc) is 2.68. The van der Waals surface area contributed by atoms with Crippen LogP contribution >= 0.6 is 0 Å². The SMILES string of the molecule is COc1ccc(O)c(-c2nc3c(c(=O)[nH]2)Cc2c(CO)cnc(C)c2O3)c1. The van der Waals surface area contributed by atoms with Crippen molar-refractivity contribution in [1.29, 1.82) is 0 Å². The smallest absolute Gasteiger partial charge is 0.258 e. The lowest BCUT2D eigenvalue weighted by molar-refractivity contribution is 0.278. The number of fused-ring (bicyclic) bond motifs is 2. The van der Waals surface area contributed by atoms with E-state index < -0.39 is 0 Å². The van der Waals surface area contributed by atoms with E-state index in [-0.39, 0.29) is 36.0 Å². The van der Waals surface area contributed by atoms with Gasteiger partial charge >= 0.3 is 0 Å². The summed E-state index contributed by atoms with van der Waals surface area (Å²) in [6, 6.07) is 4.65. The molecule has 2 aromatic heterocycles. The number of hydrogen-bond donors (Lipinski definition) is 3. The molecule has 8 heteroatoms. The van der Waals surface area contributed by atoms with E-state index in [0.717, 1.165) is 5.56 Å². The second-order valence-corrected chi connectivity index (χ2v) is 6.19. The predicted molar refractivity (Wildman–Crippen MR) is 96.3 cm³/mol. The van der Waals surface area contributed by atoms with Crippen LogP contribution < -0.4 is 15.0 Å². The number of nitrogens with one attached hydrogen (secondary N) is 1. The minimum absolute atomic E-state index is 0.0458. The molecular formula is C19H17N3O5. The molecule has 0 spiro atoms. The fourth-order valence-electron chi connectivity index (χ4n) is 3.09. The van der Waals surface area contributed by atoms with E-state index in [1.807, 2.05) is 0 Å². The highest BCUT2D eigenvalue weighted by molar-refractivity contribution is 5.66. The number of aromatic amines is 1. The second kappa shape index (κ2) is 6.40. The van der Waals surface area contributed by atoms with Crippen LogP contribution in [0.3, 0.4) is 0 Å². The number of aliphatic hydroxyl groups is 1. The Morgan fingerprint density at radius 1 is 1.33 bits per heavy atom. The number of aromatic nitrogens is 3. The fourth-order valence-corrected chi connectivity index (χ4v) is 3.09. The van der Waals surface area contributed by atoms with Crippen LogP contribution in [0.1, 0.15) is 22.4 Å². The van der Waals surface area contributed by atoms with Crippen LogP contribution in [0.5, 0.6) is 23.1 Å². The Morgan fingerprint density at radius 2 is 2.15 bits per heavy atom. The van der Waals surface area contributed by atoms with E-state index >= 15 is 0 Å². The van der Waals surface area contributed by atoms with Crippen molar-refractivity contribution < 1.29 is 19.7 Å². The molecule has 3 aromatic rings. The van der Waals surface area contributed by atoms with E-state index in [1.54, 1.807) is 25.3 Å². The summed E-state index contributed by atoms with van der Waals surface area (Å²) in [5.41, 5.74) is 2.27. The number of aliphatic hydroxyl groups excluding tert-OH is 1. The van der Waals surface area contributed by atoms with Crippen LogP contribution in [-0.4, -0.2) is 32.3 Å². The minimum Gasteiger partial charge on any atom is -0.507 e. The molecule has 0 fully saturated rings. The first kappa shape index (κ1) is 17.0. The van der Waals surface area contributed by atoms with Gasteiger partial charge in [0.1, 0.15) is 17.3 Å². The molecule has 0 amide bonds. The van der Waals surface area contributed by atoms with Crippen molar-refractivity contribution in [3.05, 3.63) is 57.1 Å². The molecule has 3 N–H and O–H groups in total. The number of nitrogens with zero attached hydrogens (tertiary/aromatic N) is 2. The summed E-state index contributed by atoms with van der Waals surface area (Å²) in [7, 11) is 1.51. The van der Waals surface area contributed by atoms with Crippen molar-refractivity contribution in [1.82, 2.24) is 15.0 Å². The maximum Gasteiger partial charge on any atom is 0.258 e. The molecule has 0 unspecified atom stereocenters. The molecule has 3 heterocycles. The summed E-state index contributed by atoms with van der Waals surface area (Å²) >= 11 is 0. The number of ether oxygens (including phenoxy) is 2. The van der Waals surface area contributed by atoms with Gasteiger partial charge in [-0.15, -0.1) is 0 Å². The topological polar surface area (TPSA) is 118 Å². The van der Waals surface area contributed by atoms with Crippen LogP contribution in [0, 0.1) is 6.92 Å². The molecule has 27 heavy (non-hydrogen) atoms. The lowest BCUT2D eigenvalue weighted by Crippen LogP contribution is -2.21. The summed E-state index contributed by atoms with van der Waals surface area (Å²) in [5, 5.41) is 19.7. The van der Waals surface area contributed by atoms with E-state index in [0.29, 0.717) is 33.9 Å². The van der Waals surface area contributed by atoms with E-state index in [1.165, 1.54) is 13.2 Å². The van der Waals surface area contributed by atoms with E-state index in [2.05, 4.69) is 15.0 Å². The average molecular weight is 367 g/mol. The summed E-state index contributed by atoms with van der Waals surface area (Å²) < 4.78 is 11.0. The van der Waals surface area contributed by atoms with Crippen LogP contribution in [-0.2, 0) is 13.0 Å². The summed E-state index contributed by atoms with van der Waals surface area (Å²) in [5.74, 6) is 1.29. The first-order valence-electron chi connectivity index (χ1n) is 8.28. The molecule has 0 saturated carbocycles. The van der Waals surface area contributed by atoms with Crippen LogP contribution in [0.25, 0.3) is 11.4 Å². The summed E-state index contributed by atoms with van der Waals surface area (Å²) in [4.78, 5) is 24.0. The molecule has 1 aromatic carbocycles. The number of hydrogen-bond acceptors (Lipinski definition) is 7. The summed E-state index contributed by atoms with van der Waals surface area (Å²) in [6.07, 6.45) is 1.85. The zero-order valence-electron chi connectivity index (χ0n) is 14.7. The largest absolute Gasteiger partial charge is 0.507 e. The predicted octanol–water partition coefficient (Wildman–Crippen LogP) is 2.04. The van der Waals surface area contributed by atoms with Gasteiger partial charge in [0.05, 0.1) is 30.5 Å². The van der Waals surface area contributed by atoms with Crippen molar-refractivity contribution in [2.45, 2.75) is 20.0 Å². The Hall–Kier alpha value is -3.39. The van der Waals surface area contributed by atoms with Crippen LogP contribution in [0.15, 0.2) is 29.2 Å². The van der Waals surface area contributed by atoms with Gasteiger partial charge in [-0.2, -0.15) is 4.98 Å². The molecule has 0 aliphatic carbocycles. The molecule has 138 valence electrons. The van der Waals surface area contributed by atoms with Gasteiger partial charge < -0.3 is 24.7 Å². The lowest BCUT2D eigenvalue weighted by Gasteiger charge is -2.22. The van der Waals surface area contributed by atoms with Gasteiger partial charge in [0, 0.05) is 23.7 Å². The molecule has 0 saturated heterocycles. The number of pyridine rings is 1. The molecule has 1 aliphatic rings. The highest BCUT2D eigenvalue weighted by atomic mass is 16.5. The Balaban J connectivity index is 1.86. The molecule has 0 radical (unpaired) electrons. The van der Waals surface area contributed by atoms with Gasteiger partial charge in [-0.1, -0.05) is 0 Å². The van der Waals surface area contributed by atoms with E-state index in [4.69, 9.17) is 9.47 Å². The normalized spacial score (nSPS) is 12.1. The third kappa shape index (κ3) is 2.80. The zero-order valence-corrected chi connectivity index (χ0v) is 14.7. The number of phenolic OH excluding ortho intramolecular Hbond substituents is 1. The highest BCUT2D eigenvalue weighted by Gasteiger charge is 2.26. The fraction of sp³-hybridized carbons (Fsp3) is 0.211. The van der Waals surface area contributed by atoms with Crippen LogP contribution in [0.2, 0.25) is 0 Å². The van der Waals surface area contributed by atoms with Gasteiger partial charge in [0.25, 0.3) is 5.56 Å². The lowest BCUT2D eigenvalue weighted by atomic mass is 9.99.